The van der Waals surface area contributed by atoms with Crippen LogP contribution in [-0.2, 0) is 10.2 Å². The highest BCUT2D eigenvalue weighted by Crippen LogP contribution is 2.76. The zero-order chi connectivity index (χ0) is 28.4. The van der Waals surface area contributed by atoms with Crippen LogP contribution in [0.4, 0.5) is 0 Å². The second-order valence-electron chi connectivity index (χ2n) is 11.9. The average molecular weight is 539 g/mol. The Morgan fingerprint density at radius 1 is 0.829 bits per heavy atom. The van der Waals surface area contributed by atoms with Gasteiger partial charge in [-0.25, -0.2) is 9.78 Å². The molecule has 41 heavy (non-hydrogen) atoms. The number of nitrogens with one attached hydrogen (secondary N) is 1. The summed E-state index contributed by atoms with van der Waals surface area (Å²) in [5.41, 5.74) is 1.40. The number of benzene rings is 4. The van der Waals surface area contributed by atoms with E-state index in [-0.39, 0.29) is 17.4 Å². The minimum absolute atomic E-state index is 0.0639. The number of allylic oxidation sites excluding steroid dienone is 2. The molecule has 1 N–H and O–H groups in total. The van der Waals surface area contributed by atoms with Gasteiger partial charge in [-0.3, -0.25) is 0 Å². The van der Waals surface area contributed by atoms with Crippen LogP contribution in [0, 0.1) is 5.41 Å². The van der Waals surface area contributed by atoms with Crippen LogP contribution in [0.2, 0.25) is 0 Å². The second-order valence-corrected chi connectivity index (χ2v) is 11.9. The molecule has 0 amide bonds. The van der Waals surface area contributed by atoms with Crippen molar-refractivity contribution < 1.29 is 9.53 Å². The van der Waals surface area contributed by atoms with Gasteiger partial charge in [0.1, 0.15) is 5.60 Å². The zero-order valence-corrected chi connectivity index (χ0v) is 23.9. The normalized spacial score (nSPS) is 26.8. The Balaban J connectivity index is 1.36. The number of hydrogen-bond donors (Lipinski definition) is 1. The SMILES string of the molecule is CC[C@]1(C)C(C)(OC(=O)c2nccc3c4ccccc4c4ccccc4c23)[C@@]1(C)c1ccccc1C1C=CC=CN1. The first kappa shape index (κ1) is 25.5. The van der Waals surface area contributed by atoms with Crippen LogP contribution in [0.25, 0.3) is 32.3 Å². The van der Waals surface area contributed by atoms with E-state index in [1.54, 1.807) is 6.20 Å². The zero-order valence-electron chi connectivity index (χ0n) is 23.9. The third kappa shape index (κ3) is 3.34. The number of rotatable bonds is 5. The number of carbonyl (C=O) groups is 1. The molecular weight excluding hydrogens is 504 g/mol. The molecule has 4 nitrogen and oxygen atoms in total. The van der Waals surface area contributed by atoms with Crippen molar-refractivity contribution >= 4 is 38.3 Å². The first-order valence-electron chi connectivity index (χ1n) is 14.5. The average Bonchev–Trinajstić information content (AvgIpc) is 3.42. The molecule has 4 heteroatoms. The number of hydrogen-bond acceptors (Lipinski definition) is 4. The molecule has 1 aliphatic carbocycles. The number of ether oxygens (including phenoxy) is 1. The van der Waals surface area contributed by atoms with Gasteiger partial charge in [0.2, 0.25) is 0 Å². The maximum Gasteiger partial charge on any atom is 0.358 e. The quantitative estimate of drug-likeness (QED) is 0.180. The molecule has 0 bridgehead atoms. The molecular formula is C37H34N2O2. The summed E-state index contributed by atoms with van der Waals surface area (Å²) < 4.78 is 6.67. The molecule has 7 rings (SSSR count). The van der Waals surface area contributed by atoms with Crippen molar-refractivity contribution in [3.8, 4) is 0 Å². The van der Waals surface area contributed by atoms with E-state index in [9.17, 15) is 4.79 Å². The van der Waals surface area contributed by atoms with Crippen LogP contribution in [0.1, 0.15) is 61.8 Å². The van der Waals surface area contributed by atoms with Gasteiger partial charge in [0, 0.05) is 22.4 Å². The fraction of sp³-hybridized carbons (Fsp3) is 0.243. The minimum atomic E-state index is -0.730. The highest BCUT2D eigenvalue weighted by atomic mass is 16.6. The molecule has 0 spiro atoms. The summed E-state index contributed by atoms with van der Waals surface area (Å²) in [6, 6.07) is 27.3. The predicted molar refractivity (Wildman–Crippen MR) is 167 cm³/mol. The van der Waals surface area contributed by atoms with E-state index in [1.165, 1.54) is 16.5 Å². The second kappa shape index (κ2) is 9.04. The summed E-state index contributed by atoms with van der Waals surface area (Å²) in [6.07, 6.45) is 10.8. The van der Waals surface area contributed by atoms with Crippen LogP contribution < -0.4 is 5.32 Å². The van der Waals surface area contributed by atoms with Gasteiger partial charge < -0.3 is 10.1 Å². The number of esters is 1. The highest BCUT2D eigenvalue weighted by molar-refractivity contribution is 6.28. The highest BCUT2D eigenvalue weighted by Gasteiger charge is 2.82. The Labute approximate surface area is 240 Å². The minimum Gasteiger partial charge on any atom is -0.453 e. The Kier molecular flexibility index (Phi) is 5.62. The molecule has 0 radical (unpaired) electrons. The molecule has 2 unspecified atom stereocenters. The van der Waals surface area contributed by atoms with E-state index in [1.807, 2.05) is 36.5 Å². The first-order chi connectivity index (χ1) is 19.9. The maximum absolute atomic E-state index is 14.3. The van der Waals surface area contributed by atoms with E-state index in [2.05, 4.69) is 105 Å². The molecule has 5 aromatic rings. The summed E-state index contributed by atoms with van der Waals surface area (Å²) in [5.74, 6) is -0.377. The molecule has 1 fully saturated rings. The molecule has 2 aliphatic rings. The topological polar surface area (TPSA) is 51.2 Å². The summed E-state index contributed by atoms with van der Waals surface area (Å²) in [4.78, 5) is 18.9. The van der Waals surface area contributed by atoms with Crippen LogP contribution >= 0.6 is 0 Å². The monoisotopic (exact) mass is 538 g/mol. The van der Waals surface area contributed by atoms with Crippen LogP contribution in [0.5, 0.6) is 0 Å². The molecule has 1 saturated carbocycles. The molecule has 2 heterocycles. The third-order valence-electron chi connectivity index (χ3n) is 10.5. The first-order valence-corrected chi connectivity index (χ1v) is 14.5. The van der Waals surface area contributed by atoms with Gasteiger partial charge in [-0.15, -0.1) is 0 Å². The van der Waals surface area contributed by atoms with Crippen molar-refractivity contribution in [3.63, 3.8) is 0 Å². The smallest absolute Gasteiger partial charge is 0.358 e. The summed E-state index contributed by atoms with van der Waals surface area (Å²) in [7, 11) is 0. The lowest BCUT2D eigenvalue weighted by atomic mass is 9.82. The largest absolute Gasteiger partial charge is 0.453 e. The van der Waals surface area contributed by atoms with Crippen LogP contribution in [0.15, 0.2) is 109 Å². The molecule has 1 aromatic heterocycles. The summed E-state index contributed by atoms with van der Waals surface area (Å²) in [5, 5.41) is 9.73. The molecule has 204 valence electrons. The fourth-order valence-corrected chi connectivity index (χ4v) is 7.73. The number of aromatic nitrogens is 1. The summed E-state index contributed by atoms with van der Waals surface area (Å²) in [6.45, 7) is 8.80. The van der Waals surface area contributed by atoms with Crippen molar-refractivity contribution in [2.45, 2.75) is 51.2 Å². The molecule has 4 aromatic carbocycles. The van der Waals surface area contributed by atoms with E-state index < -0.39 is 11.0 Å². The number of pyridine rings is 1. The van der Waals surface area contributed by atoms with E-state index in [0.29, 0.717) is 5.69 Å². The fourth-order valence-electron chi connectivity index (χ4n) is 7.73. The number of fused-ring (bicyclic) bond motifs is 6. The number of nitrogens with zero attached hydrogens (tertiary/aromatic N) is 1. The Morgan fingerprint density at radius 2 is 1.44 bits per heavy atom. The summed E-state index contributed by atoms with van der Waals surface area (Å²) >= 11 is 0. The lowest BCUT2D eigenvalue weighted by Gasteiger charge is -2.26. The van der Waals surface area contributed by atoms with Crippen molar-refractivity contribution in [2.24, 2.45) is 5.41 Å². The lowest BCUT2D eigenvalue weighted by Crippen LogP contribution is -2.28. The van der Waals surface area contributed by atoms with E-state index in [0.717, 1.165) is 33.4 Å². The van der Waals surface area contributed by atoms with Gasteiger partial charge in [-0.1, -0.05) is 106 Å². The predicted octanol–water partition coefficient (Wildman–Crippen LogP) is 8.56. The van der Waals surface area contributed by atoms with Crippen molar-refractivity contribution in [1.82, 2.24) is 10.3 Å². The van der Waals surface area contributed by atoms with Crippen molar-refractivity contribution in [3.05, 3.63) is 126 Å². The van der Waals surface area contributed by atoms with Gasteiger partial charge in [0.25, 0.3) is 0 Å². The Hall–Kier alpha value is -4.44. The standard InChI is InChI=1S/C37H34N2O2/c1-5-35(2)36(3,30-19-11-10-18-29(30)31-20-12-13-22-38-31)37(35,4)41-34(40)33-32-27-17-9-8-15-25(27)24-14-6-7-16-26(24)28(32)21-23-39-33/h6-23,31,38H,5H2,1-4H3/t31?,35-,36-,37?/m0/s1. The van der Waals surface area contributed by atoms with Gasteiger partial charge in [0.05, 0.1) is 6.04 Å². The van der Waals surface area contributed by atoms with E-state index in [4.69, 9.17) is 4.74 Å². The number of dihydropyridines is 1. The van der Waals surface area contributed by atoms with Gasteiger partial charge in [-0.05, 0) is 69.7 Å². The van der Waals surface area contributed by atoms with Crippen molar-refractivity contribution in [1.29, 1.82) is 0 Å². The van der Waals surface area contributed by atoms with Crippen molar-refractivity contribution in [2.75, 3.05) is 0 Å². The lowest BCUT2D eigenvalue weighted by molar-refractivity contribution is 0.0116. The molecule has 0 saturated heterocycles. The van der Waals surface area contributed by atoms with E-state index >= 15 is 0 Å². The van der Waals surface area contributed by atoms with Gasteiger partial charge >= 0.3 is 5.97 Å². The molecule has 1 aliphatic heterocycles. The number of carbonyl (C=O) groups excluding carboxylic acids is 1. The van der Waals surface area contributed by atoms with Gasteiger partial charge in [0.15, 0.2) is 5.69 Å². The molecule has 4 atom stereocenters. The van der Waals surface area contributed by atoms with Gasteiger partial charge in [-0.2, -0.15) is 0 Å². The van der Waals surface area contributed by atoms with Crippen LogP contribution in [0.3, 0.4) is 0 Å². The Morgan fingerprint density at radius 3 is 2.10 bits per heavy atom. The third-order valence-corrected chi connectivity index (χ3v) is 10.5. The maximum atomic E-state index is 14.3. The Bertz CT molecular complexity index is 1880. The van der Waals surface area contributed by atoms with Crippen LogP contribution in [-0.4, -0.2) is 16.6 Å².